The Bertz CT molecular complexity index is 859. The molecule has 0 atom stereocenters. The Morgan fingerprint density at radius 3 is 2.39 bits per heavy atom. The van der Waals surface area contributed by atoms with Crippen molar-refractivity contribution in [2.24, 2.45) is 0 Å². The van der Waals surface area contributed by atoms with Gasteiger partial charge in [-0.25, -0.2) is 4.98 Å². The number of anilines is 2. The van der Waals surface area contributed by atoms with E-state index in [1.54, 1.807) is 0 Å². The molecule has 0 amide bonds. The topological polar surface area (TPSA) is 62.7 Å². The van der Waals surface area contributed by atoms with Crippen LogP contribution in [0.25, 0.3) is 11.3 Å². The van der Waals surface area contributed by atoms with Gasteiger partial charge >= 0.3 is 0 Å². The molecule has 0 aliphatic heterocycles. The van der Waals surface area contributed by atoms with Gasteiger partial charge in [0.2, 0.25) is 5.95 Å². The zero-order valence-electron chi connectivity index (χ0n) is 16.1. The van der Waals surface area contributed by atoms with Gasteiger partial charge in [-0.1, -0.05) is 62.1 Å². The normalized spacial score (nSPS) is 15.0. The fourth-order valence-corrected chi connectivity index (χ4v) is 3.65. The lowest BCUT2D eigenvalue weighted by atomic mass is 10.1. The number of pyridine rings is 1. The predicted molar refractivity (Wildman–Crippen MR) is 114 cm³/mol. The lowest BCUT2D eigenvalue weighted by molar-refractivity contribution is 0.615. The third-order valence-corrected chi connectivity index (χ3v) is 5.16. The van der Waals surface area contributed by atoms with E-state index in [0.29, 0.717) is 18.5 Å². The van der Waals surface area contributed by atoms with Gasteiger partial charge in [0.15, 0.2) is 0 Å². The molecule has 144 valence electrons. The summed E-state index contributed by atoms with van der Waals surface area (Å²) in [5.41, 5.74) is 3.01. The lowest BCUT2D eigenvalue weighted by Crippen LogP contribution is -2.20. The highest BCUT2D eigenvalue weighted by molar-refractivity contribution is 5.64. The van der Waals surface area contributed by atoms with Crippen molar-refractivity contribution in [2.45, 2.75) is 51.1 Å². The third kappa shape index (κ3) is 5.06. The summed E-state index contributed by atoms with van der Waals surface area (Å²) in [6.07, 6.45) is 9.41. The molecule has 0 saturated heterocycles. The monoisotopic (exact) mass is 373 g/mol. The van der Waals surface area contributed by atoms with E-state index in [0.717, 1.165) is 22.8 Å². The van der Waals surface area contributed by atoms with Crippen LogP contribution in [0.5, 0.6) is 0 Å². The maximum atomic E-state index is 4.81. The van der Waals surface area contributed by atoms with Crippen molar-refractivity contribution < 1.29 is 0 Å². The fraction of sp³-hybridized carbons (Fsp3) is 0.348. The molecule has 1 aliphatic rings. The van der Waals surface area contributed by atoms with Crippen molar-refractivity contribution in [3.05, 3.63) is 66.5 Å². The maximum absolute atomic E-state index is 4.81. The highest BCUT2D eigenvalue weighted by atomic mass is 15.2. The fourth-order valence-electron chi connectivity index (χ4n) is 3.65. The van der Waals surface area contributed by atoms with Crippen LogP contribution in [-0.2, 0) is 6.54 Å². The van der Waals surface area contributed by atoms with Crippen molar-refractivity contribution >= 4 is 11.8 Å². The smallest absolute Gasteiger partial charge is 0.225 e. The van der Waals surface area contributed by atoms with E-state index in [1.807, 2.05) is 48.7 Å². The molecule has 2 heterocycles. The van der Waals surface area contributed by atoms with E-state index in [1.165, 1.54) is 38.5 Å². The molecule has 28 heavy (non-hydrogen) atoms. The average molecular weight is 374 g/mol. The number of rotatable bonds is 6. The predicted octanol–water partition coefficient (Wildman–Crippen LogP) is 5.29. The van der Waals surface area contributed by atoms with E-state index in [9.17, 15) is 0 Å². The molecule has 0 bridgehead atoms. The first kappa shape index (κ1) is 18.4. The molecule has 1 saturated carbocycles. The van der Waals surface area contributed by atoms with E-state index < -0.39 is 0 Å². The minimum Gasteiger partial charge on any atom is -0.364 e. The van der Waals surface area contributed by atoms with Gasteiger partial charge in [-0.15, -0.1) is 0 Å². The molecular formula is C23H27N5. The highest BCUT2D eigenvalue weighted by Crippen LogP contribution is 2.24. The molecular weight excluding hydrogens is 346 g/mol. The number of benzene rings is 1. The molecule has 0 radical (unpaired) electrons. The van der Waals surface area contributed by atoms with Gasteiger partial charge in [-0.3, -0.25) is 4.98 Å². The Kier molecular flexibility index (Phi) is 6.12. The van der Waals surface area contributed by atoms with Gasteiger partial charge in [-0.2, -0.15) is 4.98 Å². The first-order valence-corrected chi connectivity index (χ1v) is 10.2. The molecule has 1 fully saturated rings. The van der Waals surface area contributed by atoms with Gasteiger partial charge in [-0.05, 0) is 25.0 Å². The molecule has 1 aliphatic carbocycles. The maximum Gasteiger partial charge on any atom is 0.225 e. The molecule has 0 unspecified atom stereocenters. The second kappa shape index (κ2) is 9.31. The van der Waals surface area contributed by atoms with Crippen molar-refractivity contribution in [3.8, 4) is 11.3 Å². The number of nitrogens with zero attached hydrogens (tertiary/aromatic N) is 3. The quantitative estimate of drug-likeness (QED) is 0.575. The van der Waals surface area contributed by atoms with Crippen LogP contribution in [0.2, 0.25) is 0 Å². The van der Waals surface area contributed by atoms with Crippen LogP contribution >= 0.6 is 0 Å². The van der Waals surface area contributed by atoms with Crippen molar-refractivity contribution in [3.63, 3.8) is 0 Å². The molecule has 4 rings (SSSR count). The Morgan fingerprint density at radius 1 is 0.857 bits per heavy atom. The summed E-state index contributed by atoms with van der Waals surface area (Å²) in [5, 5.41) is 7.00. The van der Waals surface area contributed by atoms with Crippen LogP contribution in [0.3, 0.4) is 0 Å². The molecule has 3 aromatic rings. The van der Waals surface area contributed by atoms with Crippen molar-refractivity contribution in [1.82, 2.24) is 15.0 Å². The van der Waals surface area contributed by atoms with Gasteiger partial charge in [0.1, 0.15) is 5.82 Å². The number of aromatic nitrogens is 3. The Hall–Kier alpha value is -2.95. The summed E-state index contributed by atoms with van der Waals surface area (Å²) in [4.78, 5) is 13.9. The van der Waals surface area contributed by atoms with E-state index in [-0.39, 0.29) is 0 Å². The summed E-state index contributed by atoms with van der Waals surface area (Å²) in [6.45, 7) is 0.634. The zero-order valence-corrected chi connectivity index (χ0v) is 16.1. The Labute approximate surface area is 166 Å². The summed E-state index contributed by atoms with van der Waals surface area (Å²) in [6, 6.07) is 18.7. The SMILES string of the molecule is c1ccc(-c2cc(NCc3ccccn3)nc(NC3CCCCCC3)n2)cc1. The number of nitrogens with one attached hydrogen (secondary N) is 2. The lowest BCUT2D eigenvalue weighted by Gasteiger charge is -2.18. The minimum absolute atomic E-state index is 0.456. The first-order chi connectivity index (χ1) is 13.9. The van der Waals surface area contributed by atoms with Gasteiger partial charge in [0, 0.05) is 23.9 Å². The Morgan fingerprint density at radius 2 is 1.64 bits per heavy atom. The Balaban J connectivity index is 1.57. The van der Waals surface area contributed by atoms with E-state index in [4.69, 9.17) is 9.97 Å². The standard InChI is InChI=1S/C23H27N5/c1-2-7-13-19(12-6-1)26-23-27-21(18-10-4-3-5-11-18)16-22(28-23)25-17-20-14-8-9-15-24-20/h3-5,8-11,14-16,19H,1-2,6-7,12-13,17H2,(H2,25,26,27,28). The molecule has 2 N–H and O–H groups in total. The third-order valence-electron chi connectivity index (χ3n) is 5.16. The van der Waals surface area contributed by atoms with E-state index in [2.05, 4.69) is 27.8 Å². The number of hydrogen-bond donors (Lipinski definition) is 2. The van der Waals surface area contributed by atoms with Gasteiger partial charge in [0.25, 0.3) is 0 Å². The van der Waals surface area contributed by atoms with E-state index >= 15 is 0 Å². The van der Waals surface area contributed by atoms with Gasteiger partial charge < -0.3 is 10.6 Å². The van der Waals surface area contributed by atoms with Crippen molar-refractivity contribution in [1.29, 1.82) is 0 Å². The summed E-state index contributed by atoms with van der Waals surface area (Å²) in [7, 11) is 0. The van der Waals surface area contributed by atoms with Crippen molar-refractivity contribution in [2.75, 3.05) is 10.6 Å². The summed E-state index contributed by atoms with van der Waals surface area (Å²) in [5.74, 6) is 1.52. The zero-order chi connectivity index (χ0) is 19.0. The average Bonchev–Trinajstić information content (AvgIpc) is 3.02. The molecule has 5 heteroatoms. The first-order valence-electron chi connectivity index (χ1n) is 10.2. The molecule has 2 aromatic heterocycles. The summed E-state index contributed by atoms with van der Waals surface area (Å²) < 4.78 is 0. The van der Waals surface area contributed by atoms with Crippen LogP contribution in [0.4, 0.5) is 11.8 Å². The van der Waals surface area contributed by atoms with Crippen LogP contribution < -0.4 is 10.6 Å². The summed E-state index contributed by atoms with van der Waals surface area (Å²) >= 11 is 0. The second-order valence-electron chi connectivity index (χ2n) is 7.34. The number of hydrogen-bond acceptors (Lipinski definition) is 5. The largest absolute Gasteiger partial charge is 0.364 e. The minimum atomic E-state index is 0.456. The van der Waals surface area contributed by atoms with Crippen LogP contribution in [0.1, 0.15) is 44.2 Å². The van der Waals surface area contributed by atoms with Gasteiger partial charge in [0.05, 0.1) is 17.9 Å². The highest BCUT2D eigenvalue weighted by Gasteiger charge is 2.14. The molecule has 1 aromatic carbocycles. The van der Waals surface area contributed by atoms with Crippen LogP contribution in [-0.4, -0.2) is 21.0 Å². The van der Waals surface area contributed by atoms with Crippen LogP contribution in [0.15, 0.2) is 60.8 Å². The van der Waals surface area contributed by atoms with Crippen LogP contribution in [0, 0.1) is 0 Å². The molecule has 5 nitrogen and oxygen atoms in total. The molecule has 0 spiro atoms. The second-order valence-corrected chi connectivity index (χ2v) is 7.34.